The maximum absolute atomic E-state index is 5.32. The first-order valence-corrected chi connectivity index (χ1v) is 7.35. The number of ether oxygens (including phenoxy) is 1. The lowest BCUT2D eigenvalue weighted by atomic mass is 10.1. The molecule has 0 amide bonds. The van der Waals surface area contributed by atoms with Crippen molar-refractivity contribution in [1.29, 1.82) is 0 Å². The molecule has 3 aromatic rings. The number of nitrogens with one attached hydrogen (secondary N) is 2. The van der Waals surface area contributed by atoms with Crippen molar-refractivity contribution in [3.05, 3.63) is 42.9 Å². The number of anilines is 1. The fourth-order valence-electron chi connectivity index (χ4n) is 2.34. The van der Waals surface area contributed by atoms with Gasteiger partial charge >= 0.3 is 0 Å². The maximum Gasteiger partial charge on any atom is 0.170 e. The van der Waals surface area contributed by atoms with Crippen molar-refractivity contribution in [2.24, 2.45) is 0 Å². The monoisotopic (exact) mass is 312 g/mol. The molecule has 0 radical (unpaired) electrons. The first kappa shape index (κ1) is 14.6. The third kappa shape index (κ3) is 2.98. The van der Waals surface area contributed by atoms with Crippen molar-refractivity contribution >= 4 is 44.7 Å². The molecule has 22 heavy (non-hydrogen) atoms. The highest BCUT2D eigenvalue weighted by atomic mass is 32.1. The largest absolute Gasteiger partial charge is 0.383 e. The summed E-state index contributed by atoms with van der Waals surface area (Å²) in [6, 6.07) is 7.97. The SMILES string of the molecule is COCCNC(=S)Nc1cc2ccncc2c2ncccc12. The van der Waals surface area contributed by atoms with Gasteiger partial charge in [0.2, 0.25) is 0 Å². The molecule has 0 aliphatic rings. The quantitative estimate of drug-likeness (QED) is 0.439. The van der Waals surface area contributed by atoms with Crippen LogP contribution in [-0.2, 0) is 4.74 Å². The van der Waals surface area contributed by atoms with Crippen LogP contribution in [0.3, 0.4) is 0 Å². The minimum Gasteiger partial charge on any atom is -0.383 e. The number of methoxy groups -OCH3 is 1. The van der Waals surface area contributed by atoms with Gasteiger partial charge in [-0.2, -0.15) is 0 Å². The standard InChI is InChI=1S/C16H16N4OS/c1-21-8-7-19-16(22)20-14-9-11-4-6-17-10-13(11)15-12(14)3-2-5-18-15/h2-6,9-10H,7-8H2,1H3,(H2,19,20,22). The Bertz CT molecular complexity index is 821. The first-order valence-electron chi connectivity index (χ1n) is 6.95. The van der Waals surface area contributed by atoms with Crippen LogP contribution in [0.5, 0.6) is 0 Å². The average molecular weight is 312 g/mol. The van der Waals surface area contributed by atoms with E-state index in [-0.39, 0.29) is 0 Å². The molecule has 0 aliphatic carbocycles. The van der Waals surface area contributed by atoms with E-state index in [1.54, 1.807) is 19.5 Å². The second-order valence-electron chi connectivity index (χ2n) is 4.79. The minimum atomic E-state index is 0.565. The Morgan fingerprint density at radius 2 is 2.18 bits per heavy atom. The van der Waals surface area contributed by atoms with Crippen molar-refractivity contribution in [2.75, 3.05) is 25.6 Å². The lowest BCUT2D eigenvalue weighted by molar-refractivity contribution is 0.204. The Kier molecular flexibility index (Phi) is 4.41. The second-order valence-corrected chi connectivity index (χ2v) is 5.20. The summed E-state index contributed by atoms with van der Waals surface area (Å²) in [7, 11) is 1.66. The van der Waals surface area contributed by atoms with Crippen molar-refractivity contribution < 1.29 is 4.74 Å². The van der Waals surface area contributed by atoms with Gasteiger partial charge in [-0.3, -0.25) is 9.97 Å². The van der Waals surface area contributed by atoms with Gasteiger partial charge in [0.25, 0.3) is 0 Å². The highest BCUT2D eigenvalue weighted by Crippen LogP contribution is 2.29. The van der Waals surface area contributed by atoms with E-state index in [4.69, 9.17) is 17.0 Å². The Balaban J connectivity index is 1.99. The molecular weight excluding hydrogens is 296 g/mol. The van der Waals surface area contributed by atoms with Gasteiger partial charge in [-0.1, -0.05) is 0 Å². The minimum absolute atomic E-state index is 0.565. The first-order chi connectivity index (χ1) is 10.8. The molecule has 6 heteroatoms. The van der Waals surface area contributed by atoms with E-state index in [1.807, 2.05) is 24.4 Å². The zero-order chi connectivity index (χ0) is 15.4. The van der Waals surface area contributed by atoms with Crippen LogP contribution >= 0.6 is 12.2 Å². The molecule has 5 nitrogen and oxygen atoms in total. The Labute approximate surface area is 133 Å². The van der Waals surface area contributed by atoms with Crippen LogP contribution in [0.15, 0.2) is 42.9 Å². The normalized spacial score (nSPS) is 10.8. The zero-order valence-electron chi connectivity index (χ0n) is 12.2. The fourth-order valence-corrected chi connectivity index (χ4v) is 2.55. The third-order valence-corrected chi connectivity index (χ3v) is 3.59. The van der Waals surface area contributed by atoms with E-state index >= 15 is 0 Å². The molecule has 2 N–H and O–H groups in total. The number of nitrogens with zero attached hydrogens (tertiary/aromatic N) is 2. The lowest BCUT2D eigenvalue weighted by Gasteiger charge is -2.13. The Morgan fingerprint density at radius 1 is 1.27 bits per heavy atom. The molecule has 2 heterocycles. The Hall–Kier alpha value is -2.31. The van der Waals surface area contributed by atoms with Gasteiger partial charge in [-0.25, -0.2) is 0 Å². The van der Waals surface area contributed by atoms with Gasteiger partial charge in [-0.15, -0.1) is 0 Å². The summed E-state index contributed by atoms with van der Waals surface area (Å²) in [5.74, 6) is 0. The van der Waals surface area contributed by atoms with Gasteiger partial charge in [0.05, 0.1) is 17.8 Å². The number of hydrogen-bond donors (Lipinski definition) is 2. The van der Waals surface area contributed by atoms with Crippen molar-refractivity contribution in [3.8, 4) is 0 Å². The number of aromatic nitrogens is 2. The summed E-state index contributed by atoms with van der Waals surface area (Å²) in [6.07, 6.45) is 5.40. The van der Waals surface area contributed by atoms with Gasteiger partial charge < -0.3 is 15.4 Å². The van der Waals surface area contributed by atoms with E-state index < -0.39 is 0 Å². The summed E-state index contributed by atoms with van der Waals surface area (Å²) in [4.78, 5) is 8.68. The lowest BCUT2D eigenvalue weighted by Crippen LogP contribution is -2.31. The van der Waals surface area contributed by atoms with E-state index in [2.05, 4.69) is 26.7 Å². The molecule has 0 aliphatic heterocycles. The smallest absolute Gasteiger partial charge is 0.170 e. The molecule has 3 rings (SSSR count). The predicted octanol–water partition coefficient (Wildman–Crippen LogP) is 2.72. The fraction of sp³-hybridized carbons (Fsp3) is 0.188. The number of hydrogen-bond acceptors (Lipinski definition) is 4. The van der Waals surface area contributed by atoms with Gasteiger partial charge in [-0.05, 0) is 41.9 Å². The van der Waals surface area contributed by atoms with Crippen LogP contribution in [0.1, 0.15) is 0 Å². The van der Waals surface area contributed by atoms with Crippen LogP contribution in [0.2, 0.25) is 0 Å². The molecule has 1 aromatic carbocycles. The molecule has 112 valence electrons. The van der Waals surface area contributed by atoms with Gasteiger partial charge in [0, 0.05) is 43.0 Å². The number of benzene rings is 1. The van der Waals surface area contributed by atoms with E-state index in [1.165, 1.54) is 0 Å². The van der Waals surface area contributed by atoms with Crippen LogP contribution in [0.25, 0.3) is 21.7 Å². The van der Waals surface area contributed by atoms with Gasteiger partial charge in [0.15, 0.2) is 5.11 Å². The zero-order valence-corrected chi connectivity index (χ0v) is 13.0. The molecule has 0 atom stereocenters. The average Bonchev–Trinajstić information content (AvgIpc) is 2.55. The van der Waals surface area contributed by atoms with Crippen molar-refractivity contribution in [2.45, 2.75) is 0 Å². The number of pyridine rings is 2. The molecule has 0 unspecified atom stereocenters. The van der Waals surface area contributed by atoms with Crippen molar-refractivity contribution in [1.82, 2.24) is 15.3 Å². The van der Waals surface area contributed by atoms with Crippen LogP contribution < -0.4 is 10.6 Å². The maximum atomic E-state index is 5.32. The molecule has 2 aromatic heterocycles. The highest BCUT2D eigenvalue weighted by Gasteiger charge is 2.08. The Morgan fingerprint density at radius 3 is 3.05 bits per heavy atom. The summed E-state index contributed by atoms with van der Waals surface area (Å²) in [6.45, 7) is 1.27. The second kappa shape index (κ2) is 6.64. The summed E-state index contributed by atoms with van der Waals surface area (Å²) in [5.41, 5.74) is 1.84. The summed E-state index contributed by atoms with van der Waals surface area (Å²) in [5, 5.41) is 10.0. The molecular formula is C16H16N4OS. The van der Waals surface area contributed by atoms with E-state index in [0.717, 1.165) is 27.4 Å². The molecule has 0 saturated heterocycles. The van der Waals surface area contributed by atoms with Crippen molar-refractivity contribution in [3.63, 3.8) is 0 Å². The molecule has 0 fully saturated rings. The predicted molar refractivity (Wildman–Crippen MR) is 93.1 cm³/mol. The summed E-state index contributed by atoms with van der Waals surface area (Å²) < 4.78 is 5.00. The third-order valence-electron chi connectivity index (χ3n) is 3.35. The highest BCUT2D eigenvalue weighted by molar-refractivity contribution is 7.80. The number of thiocarbonyl (C=S) groups is 1. The van der Waals surface area contributed by atoms with Crippen LogP contribution in [0, 0.1) is 0 Å². The number of rotatable bonds is 4. The van der Waals surface area contributed by atoms with E-state index in [9.17, 15) is 0 Å². The van der Waals surface area contributed by atoms with Gasteiger partial charge in [0.1, 0.15) is 0 Å². The molecule has 0 bridgehead atoms. The van der Waals surface area contributed by atoms with Crippen LogP contribution in [-0.4, -0.2) is 35.3 Å². The van der Waals surface area contributed by atoms with E-state index in [0.29, 0.717) is 18.3 Å². The molecule has 0 spiro atoms. The molecule has 0 saturated carbocycles. The topological polar surface area (TPSA) is 59.1 Å². The number of fused-ring (bicyclic) bond motifs is 3. The van der Waals surface area contributed by atoms with Crippen LogP contribution in [0.4, 0.5) is 5.69 Å². The summed E-state index contributed by atoms with van der Waals surface area (Å²) >= 11 is 5.32.